The number of benzene rings is 10. The molecule has 0 aliphatic heterocycles. The fourth-order valence-corrected chi connectivity index (χ4v) is 10.5. The van der Waals surface area contributed by atoms with Crippen LogP contribution in [0.15, 0.2) is 211 Å². The molecular formula is C58H34N2O. The van der Waals surface area contributed by atoms with Crippen molar-refractivity contribution in [1.82, 2.24) is 9.13 Å². The molecule has 14 rings (SSSR count). The quantitative estimate of drug-likeness (QED) is 0.175. The van der Waals surface area contributed by atoms with Crippen molar-refractivity contribution in [3.63, 3.8) is 0 Å². The number of hydrogen-bond donors (Lipinski definition) is 0. The van der Waals surface area contributed by atoms with E-state index < -0.39 is 0 Å². The molecule has 0 spiro atoms. The summed E-state index contributed by atoms with van der Waals surface area (Å²) < 4.78 is 11.0. The highest BCUT2D eigenvalue weighted by Crippen LogP contribution is 2.50. The van der Waals surface area contributed by atoms with Crippen LogP contribution in [0.2, 0.25) is 0 Å². The van der Waals surface area contributed by atoms with Crippen molar-refractivity contribution in [2.75, 3.05) is 0 Å². The maximum Gasteiger partial charge on any atom is 0.135 e. The van der Waals surface area contributed by atoms with Gasteiger partial charge in [0.1, 0.15) is 11.2 Å². The second-order valence-corrected chi connectivity index (χ2v) is 16.4. The van der Waals surface area contributed by atoms with Crippen molar-refractivity contribution < 1.29 is 4.42 Å². The maximum atomic E-state index is 6.16. The summed E-state index contributed by atoms with van der Waals surface area (Å²) in [6, 6.07) is 75.6. The molecule has 0 unspecified atom stereocenters. The maximum absolute atomic E-state index is 6.16. The number of furan rings is 1. The second-order valence-electron chi connectivity index (χ2n) is 16.4. The lowest BCUT2D eigenvalue weighted by molar-refractivity contribution is 0.669. The van der Waals surface area contributed by atoms with Crippen LogP contribution in [0.5, 0.6) is 0 Å². The Labute approximate surface area is 350 Å². The zero-order chi connectivity index (χ0) is 39.8. The van der Waals surface area contributed by atoms with Crippen molar-refractivity contribution in [3.05, 3.63) is 206 Å². The van der Waals surface area contributed by atoms with E-state index in [1.165, 1.54) is 105 Å². The van der Waals surface area contributed by atoms with Gasteiger partial charge in [-0.05, 0) is 123 Å². The number of fused-ring (bicyclic) bond motifs is 12. The lowest BCUT2D eigenvalue weighted by Crippen LogP contribution is -1.95. The first-order valence-corrected chi connectivity index (χ1v) is 21.0. The van der Waals surface area contributed by atoms with Gasteiger partial charge in [0.15, 0.2) is 0 Å². The van der Waals surface area contributed by atoms with E-state index in [1.807, 2.05) is 12.1 Å². The summed E-state index contributed by atoms with van der Waals surface area (Å²) in [5, 5.41) is 9.90. The highest BCUT2D eigenvalue weighted by Gasteiger charge is 2.25. The zero-order valence-electron chi connectivity index (χ0n) is 32.9. The van der Waals surface area contributed by atoms with E-state index in [2.05, 4.69) is 203 Å². The van der Waals surface area contributed by atoms with Crippen molar-refractivity contribution in [2.24, 2.45) is 0 Å². The van der Waals surface area contributed by atoms with Crippen molar-refractivity contribution in [2.45, 2.75) is 0 Å². The normalized spacial score (nSPS) is 12.3. The van der Waals surface area contributed by atoms with Crippen LogP contribution >= 0.6 is 0 Å². The summed E-state index contributed by atoms with van der Waals surface area (Å²) in [6.07, 6.45) is 0. The Hall–Kier alpha value is -8.14. The van der Waals surface area contributed by atoms with Gasteiger partial charge in [-0.15, -0.1) is 0 Å². The number of hydrogen-bond acceptors (Lipinski definition) is 1. The van der Waals surface area contributed by atoms with Crippen LogP contribution in [-0.2, 0) is 0 Å². The molecule has 0 saturated carbocycles. The minimum absolute atomic E-state index is 0.915. The molecule has 3 heteroatoms. The predicted octanol–water partition coefficient (Wildman–Crippen LogP) is 15.9. The first-order valence-electron chi connectivity index (χ1n) is 21.0. The predicted molar refractivity (Wildman–Crippen MR) is 255 cm³/mol. The molecule has 1 aliphatic carbocycles. The Morgan fingerprint density at radius 2 is 0.803 bits per heavy atom. The van der Waals surface area contributed by atoms with E-state index in [0.717, 1.165) is 27.6 Å². The van der Waals surface area contributed by atoms with Crippen LogP contribution in [0.1, 0.15) is 0 Å². The standard InChI is InChI=1S/C58H34N2O/c1-5-16-51-41(10-1)42-11-2-6-17-52(42)59(51)39-25-20-35(21-26-39)36-22-27-40-46-28-30-54(47-15-9-14-45(58(46)47)48(40)32-36)60-53-18-7-3-12-43(53)49-33-37(23-29-55(49)60)38-24-31-57-50(34-38)44-13-4-8-19-56(44)61-57/h1-34H. The first kappa shape index (κ1) is 32.8. The SMILES string of the molecule is c1ccc2c(c1)oc1ccc(-c3ccc4c(c3)c3ccccc3n4-c3ccc4c5c(cccc35)-c3cc(-c5ccc(-n6c7ccccc7c7ccccc76)cc5)ccc3-4)cc12. The second kappa shape index (κ2) is 12.2. The highest BCUT2D eigenvalue weighted by atomic mass is 16.3. The topological polar surface area (TPSA) is 23.0 Å². The van der Waals surface area contributed by atoms with E-state index in [-0.39, 0.29) is 0 Å². The van der Waals surface area contributed by atoms with Crippen LogP contribution in [0.4, 0.5) is 0 Å². The lowest BCUT2D eigenvalue weighted by Gasteiger charge is -2.13. The third-order valence-corrected chi connectivity index (χ3v) is 13.3. The van der Waals surface area contributed by atoms with Gasteiger partial charge in [-0.2, -0.15) is 0 Å². The third kappa shape index (κ3) is 4.58. The average molecular weight is 775 g/mol. The molecule has 3 nitrogen and oxygen atoms in total. The zero-order valence-corrected chi connectivity index (χ0v) is 32.9. The van der Waals surface area contributed by atoms with Crippen LogP contribution in [0.25, 0.3) is 132 Å². The van der Waals surface area contributed by atoms with E-state index in [4.69, 9.17) is 4.42 Å². The molecule has 0 bridgehead atoms. The van der Waals surface area contributed by atoms with E-state index in [9.17, 15) is 0 Å². The number of nitrogens with zero attached hydrogens (tertiary/aromatic N) is 2. The molecule has 3 heterocycles. The minimum atomic E-state index is 0.915. The Morgan fingerprint density at radius 1 is 0.279 bits per heavy atom. The van der Waals surface area contributed by atoms with Gasteiger partial charge in [-0.3, -0.25) is 0 Å². The minimum Gasteiger partial charge on any atom is -0.456 e. The smallest absolute Gasteiger partial charge is 0.135 e. The lowest BCUT2D eigenvalue weighted by atomic mass is 9.97. The van der Waals surface area contributed by atoms with Gasteiger partial charge < -0.3 is 13.6 Å². The van der Waals surface area contributed by atoms with Crippen molar-refractivity contribution in [1.29, 1.82) is 0 Å². The summed E-state index contributed by atoms with van der Waals surface area (Å²) in [5.74, 6) is 0. The Kier molecular flexibility index (Phi) is 6.56. The fourth-order valence-electron chi connectivity index (χ4n) is 10.5. The summed E-state index contributed by atoms with van der Waals surface area (Å²) in [7, 11) is 0. The average Bonchev–Trinajstić information content (AvgIpc) is 4.06. The summed E-state index contributed by atoms with van der Waals surface area (Å²) in [6.45, 7) is 0. The first-order chi connectivity index (χ1) is 30.2. The van der Waals surface area contributed by atoms with Gasteiger partial charge >= 0.3 is 0 Å². The van der Waals surface area contributed by atoms with Crippen LogP contribution < -0.4 is 0 Å². The summed E-state index contributed by atoms with van der Waals surface area (Å²) in [5.41, 5.74) is 19.0. The van der Waals surface area contributed by atoms with Crippen LogP contribution in [-0.4, -0.2) is 9.13 Å². The number of aromatic nitrogens is 2. The van der Waals surface area contributed by atoms with Crippen molar-refractivity contribution in [3.8, 4) is 55.9 Å². The molecule has 0 atom stereocenters. The molecule has 3 aromatic heterocycles. The molecule has 0 amide bonds. The van der Waals surface area contributed by atoms with Gasteiger partial charge in [0.25, 0.3) is 0 Å². The monoisotopic (exact) mass is 774 g/mol. The molecule has 0 radical (unpaired) electrons. The van der Waals surface area contributed by atoms with E-state index in [0.29, 0.717) is 0 Å². The van der Waals surface area contributed by atoms with E-state index in [1.54, 1.807) is 0 Å². The Morgan fingerprint density at radius 3 is 1.57 bits per heavy atom. The van der Waals surface area contributed by atoms with Gasteiger partial charge in [-0.25, -0.2) is 0 Å². The number of para-hydroxylation sites is 4. The van der Waals surface area contributed by atoms with Gasteiger partial charge in [-0.1, -0.05) is 133 Å². The molecule has 61 heavy (non-hydrogen) atoms. The van der Waals surface area contributed by atoms with Gasteiger partial charge in [0.2, 0.25) is 0 Å². The molecule has 0 fully saturated rings. The van der Waals surface area contributed by atoms with Crippen LogP contribution in [0.3, 0.4) is 0 Å². The summed E-state index contributed by atoms with van der Waals surface area (Å²) in [4.78, 5) is 0. The van der Waals surface area contributed by atoms with Crippen molar-refractivity contribution >= 4 is 76.3 Å². The molecular weight excluding hydrogens is 741 g/mol. The molecule has 0 saturated heterocycles. The highest BCUT2D eigenvalue weighted by molar-refractivity contribution is 6.19. The number of rotatable bonds is 4. The molecule has 10 aromatic carbocycles. The molecule has 1 aliphatic rings. The molecule has 282 valence electrons. The van der Waals surface area contributed by atoms with Gasteiger partial charge in [0, 0.05) is 43.4 Å². The third-order valence-electron chi connectivity index (χ3n) is 13.3. The largest absolute Gasteiger partial charge is 0.456 e. The summed E-state index contributed by atoms with van der Waals surface area (Å²) >= 11 is 0. The van der Waals surface area contributed by atoms with E-state index >= 15 is 0 Å². The Bertz CT molecular complexity index is 3940. The Balaban J connectivity index is 0.873. The molecule has 13 aromatic rings. The molecule has 0 N–H and O–H groups in total. The fraction of sp³-hybridized carbons (Fsp3) is 0. The van der Waals surface area contributed by atoms with Crippen LogP contribution in [0, 0.1) is 0 Å². The van der Waals surface area contributed by atoms with Gasteiger partial charge in [0.05, 0.1) is 27.8 Å².